The molecule has 0 aromatic carbocycles. The molecule has 2 fully saturated rings. The summed E-state index contributed by atoms with van der Waals surface area (Å²) in [5, 5.41) is 3.70. The predicted octanol–water partition coefficient (Wildman–Crippen LogP) is 2.89. The Bertz CT molecular complexity index is 213. The molecule has 2 heteroatoms. The van der Waals surface area contributed by atoms with Crippen molar-refractivity contribution in [2.24, 2.45) is 11.8 Å². The molecule has 2 unspecified atom stereocenters. The zero-order valence-electron chi connectivity index (χ0n) is 11.8. The number of nitrogens with zero attached hydrogens (tertiary/aromatic N) is 1. The van der Waals surface area contributed by atoms with Crippen LogP contribution in [0.4, 0.5) is 0 Å². The number of likely N-dealkylation sites (tertiary alicyclic amines) is 1. The second-order valence-corrected chi connectivity index (χ2v) is 6.21. The van der Waals surface area contributed by atoms with Gasteiger partial charge in [0.05, 0.1) is 0 Å². The van der Waals surface area contributed by atoms with Crippen LogP contribution in [0.5, 0.6) is 0 Å². The van der Waals surface area contributed by atoms with Gasteiger partial charge in [-0.15, -0.1) is 0 Å². The molecule has 1 heterocycles. The molecule has 100 valence electrons. The number of hydrogen-bond donors (Lipinski definition) is 1. The Morgan fingerprint density at radius 2 is 2.06 bits per heavy atom. The van der Waals surface area contributed by atoms with E-state index in [9.17, 15) is 0 Å². The van der Waals surface area contributed by atoms with Crippen molar-refractivity contribution in [1.82, 2.24) is 10.2 Å². The van der Waals surface area contributed by atoms with Gasteiger partial charge in [0.25, 0.3) is 0 Å². The lowest BCUT2D eigenvalue weighted by molar-refractivity contribution is 0.145. The topological polar surface area (TPSA) is 15.3 Å². The maximum absolute atomic E-state index is 3.70. The lowest BCUT2D eigenvalue weighted by Gasteiger charge is -2.37. The summed E-state index contributed by atoms with van der Waals surface area (Å²) in [7, 11) is 0. The van der Waals surface area contributed by atoms with Crippen molar-refractivity contribution in [1.29, 1.82) is 0 Å². The fourth-order valence-electron chi connectivity index (χ4n) is 3.08. The first-order chi connectivity index (χ1) is 8.29. The van der Waals surface area contributed by atoms with Gasteiger partial charge in [-0.25, -0.2) is 0 Å². The largest absolute Gasteiger partial charge is 0.314 e. The van der Waals surface area contributed by atoms with Crippen LogP contribution in [0.3, 0.4) is 0 Å². The predicted molar refractivity (Wildman–Crippen MR) is 74.3 cm³/mol. The van der Waals surface area contributed by atoms with Crippen molar-refractivity contribution in [3.63, 3.8) is 0 Å². The molecule has 17 heavy (non-hydrogen) atoms. The van der Waals surface area contributed by atoms with Crippen LogP contribution in [0.25, 0.3) is 0 Å². The van der Waals surface area contributed by atoms with Crippen molar-refractivity contribution in [2.75, 3.05) is 26.2 Å². The van der Waals surface area contributed by atoms with E-state index in [4.69, 9.17) is 0 Å². The highest BCUT2D eigenvalue weighted by molar-refractivity contribution is 4.83. The molecule has 2 rings (SSSR count). The minimum Gasteiger partial charge on any atom is -0.314 e. The first-order valence-electron chi connectivity index (χ1n) is 7.75. The minimum absolute atomic E-state index is 0.773. The molecular weight excluding hydrogens is 208 g/mol. The lowest BCUT2D eigenvalue weighted by Crippen LogP contribution is -2.48. The molecule has 0 bridgehead atoms. The third kappa shape index (κ3) is 4.59. The summed E-state index contributed by atoms with van der Waals surface area (Å²) in [5.41, 5.74) is 0. The average Bonchev–Trinajstić information content (AvgIpc) is 3.12. The molecule has 0 aromatic rings. The number of piperidine rings is 1. The molecule has 1 aliphatic heterocycles. The highest BCUT2D eigenvalue weighted by Gasteiger charge is 2.26. The molecule has 1 N–H and O–H groups in total. The van der Waals surface area contributed by atoms with Crippen LogP contribution in [0.15, 0.2) is 0 Å². The van der Waals surface area contributed by atoms with E-state index in [2.05, 4.69) is 24.1 Å². The maximum Gasteiger partial charge on any atom is 0.0117 e. The highest BCUT2D eigenvalue weighted by atomic mass is 15.1. The Morgan fingerprint density at radius 3 is 2.71 bits per heavy atom. The Morgan fingerprint density at radius 1 is 1.24 bits per heavy atom. The molecule has 2 atom stereocenters. The molecule has 0 radical (unpaired) electrons. The van der Waals surface area contributed by atoms with Gasteiger partial charge >= 0.3 is 0 Å². The summed E-state index contributed by atoms with van der Waals surface area (Å²) in [6.45, 7) is 9.84. The van der Waals surface area contributed by atoms with E-state index in [1.807, 2.05) is 0 Å². The van der Waals surface area contributed by atoms with Crippen LogP contribution >= 0.6 is 0 Å². The quantitative estimate of drug-likeness (QED) is 0.733. The van der Waals surface area contributed by atoms with Crippen molar-refractivity contribution >= 4 is 0 Å². The zero-order valence-corrected chi connectivity index (χ0v) is 11.8. The van der Waals surface area contributed by atoms with Crippen LogP contribution in [0, 0.1) is 11.8 Å². The Balaban J connectivity index is 1.59. The van der Waals surface area contributed by atoms with Crippen molar-refractivity contribution < 1.29 is 0 Å². The molecule has 1 aliphatic carbocycles. The highest BCUT2D eigenvalue weighted by Crippen LogP contribution is 2.33. The minimum atomic E-state index is 0.773. The Hall–Kier alpha value is -0.0800. The molecule has 0 amide bonds. The monoisotopic (exact) mass is 238 g/mol. The smallest absolute Gasteiger partial charge is 0.0117 e. The van der Waals surface area contributed by atoms with Crippen molar-refractivity contribution in [3.8, 4) is 0 Å². The fourth-order valence-corrected chi connectivity index (χ4v) is 3.08. The van der Waals surface area contributed by atoms with Gasteiger partial charge in [-0.2, -0.15) is 0 Å². The van der Waals surface area contributed by atoms with E-state index in [0.717, 1.165) is 17.9 Å². The van der Waals surface area contributed by atoms with Gasteiger partial charge in [0.2, 0.25) is 0 Å². The third-order valence-electron chi connectivity index (χ3n) is 4.43. The first-order valence-corrected chi connectivity index (χ1v) is 7.75. The van der Waals surface area contributed by atoms with Crippen molar-refractivity contribution in [3.05, 3.63) is 0 Å². The van der Waals surface area contributed by atoms with Gasteiger partial charge in [0, 0.05) is 12.6 Å². The van der Waals surface area contributed by atoms with E-state index in [1.165, 1.54) is 64.7 Å². The number of rotatable bonds is 7. The van der Waals surface area contributed by atoms with Crippen LogP contribution in [-0.4, -0.2) is 37.1 Å². The van der Waals surface area contributed by atoms with E-state index in [-0.39, 0.29) is 0 Å². The van der Waals surface area contributed by atoms with Crippen LogP contribution in [0.1, 0.15) is 52.4 Å². The standard InChI is InChI=1S/C15H30N2/c1-3-9-16-15-8-11-17(12-13(15)2)10-4-5-14-6-7-14/h13-16H,3-12H2,1-2H3. The summed E-state index contributed by atoms with van der Waals surface area (Å²) < 4.78 is 0. The Kier molecular flexibility index (Phi) is 5.30. The third-order valence-corrected chi connectivity index (χ3v) is 4.43. The summed E-state index contributed by atoms with van der Waals surface area (Å²) in [6.07, 6.45) is 8.56. The average molecular weight is 238 g/mol. The van der Waals surface area contributed by atoms with E-state index >= 15 is 0 Å². The number of hydrogen-bond acceptors (Lipinski definition) is 2. The first kappa shape index (κ1) is 13.4. The maximum atomic E-state index is 3.70. The second kappa shape index (κ2) is 6.75. The van der Waals surface area contributed by atoms with Gasteiger partial charge in [-0.1, -0.05) is 26.7 Å². The Labute approximate surface area is 107 Å². The van der Waals surface area contributed by atoms with Gasteiger partial charge in [-0.05, 0) is 57.2 Å². The van der Waals surface area contributed by atoms with E-state index in [1.54, 1.807) is 0 Å². The normalized spacial score (nSPS) is 30.7. The molecule has 2 aliphatic rings. The van der Waals surface area contributed by atoms with Gasteiger partial charge in [0.1, 0.15) is 0 Å². The molecular formula is C15H30N2. The van der Waals surface area contributed by atoms with Gasteiger partial charge in [0.15, 0.2) is 0 Å². The van der Waals surface area contributed by atoms with E-state index in [0.29, 0.717) is 0 Å². The SMILES string of the molecule is CCCNC1CCN(CCCC2CC2)CC1C. The molecule has 2 nitrogen and oxygen atoms in total. The van der Waals surface area contributed by atoms with E-state index < -0.39 is 0 Å². The molecule has 0 aromatic heterocycles. The van der Waals surface area contributed by atoms with Crippen LogP contribution < -0.4 is 5.32 Å². The lowest BCUT2D eigenvalue weighted by atomic mass is 9.93. The zero-order chi connectivity index (χ0) is 12.1. The van der Waals surface area contributed by atoms with Gasteiger partial charge < -0.3 is 10.2 Å². The summed E-state index contributed by atoms with van der Waals surface area (Å²) in [5.74, 6) is 1.94. The second-order valence-electron chi connectivity index (χ2n) is 6.21. The van der Waals surface area contributed by atoms with Crippen molar-refractivity contribution in [2.45, 2.75) is 58.4 Å². The van der Waals surface area contributed by atoms with Crippen LogP contribution in [-0.2, 0) is 0 Å². The molecule has 1 saturated carbocycles. The molecule has 0 spiro atoms. The summed E-state index contributed by atoms with van der Waals surface area (Å²) >= 11 is 0. The number of nitrogens with one attached hydrogen (secondary N) is 1. The fraction of sp³-hybridized carbons (Fsp3) is 1.00. The summed E-state index contributed by atoms with van der Waals surface area (Å²) in [6, 6.07) is 0.773. The van der Waals surface area contributed by atoms with Crippen LogP contribution in [0.2, 0.25) is 0 Å². The van der Waals surface area contributed by atoms with Gasteiger partial charge in [-0.3, -0.25) is 0 Å². The summed E-state index contributed by atoms with van der Waals surface area (Å²) in [4.78, 5) is 2.69. The molecule has 1 saturated heterocycles.